The van der Waals surface area contributed by atoms with Crippen molar-refractivity contribution in [3.8, 4) is 0 Å². The minimum Gasteiger partial charge on any atom is -0.481 e. The number of nitrogens with zero attached hydrogens (tertiary/aromatic N) is 2. The van der Waals surface area contributed by atoms with Crippen LogP contribution < -0.4 is 0 Å². The average molecular weight is 853 g/mol. The zero-order valence-corrected chi connectivity index (χ0v) is 37.1. The molecule has 0 N–H and O–H groups in total. The van der Waals surface area contributed by atoms with Gasteiger partial charge in [0.15, 0.2) is 17.8 Å². The lowest BCUT2D eigenvalue weighted by molar-refractivity contribution is -0.167. The number of rotatable bonds is 17. The average Bonchev–Trinajstić information content (AvgIpc) is 3.83. The number of esters is 3. The Morgan fingerprint density at radius 1 is 0.721 bits per heavy atom. The van der Waals surface area contributed by atoms with E-state index in [4.69, 9.17) is 42.6 Å². The Morgan fingerprint density at radius 3 is 1.79 bits per heavy atom. The first kappa shape index (κ1) is 48.6. The van der Waals surface area contributed by atoms with Crippen LogP contribution >= 0.6 is 0 Å². The number of carbonyl (C=O) groups is 4. The summed E-state index contributed by atoms with van der Waals surface area (Å²) in [5, 5.41) is 0. The van der Waals surface area contributed by atoms with Gasteiger partial charge in [0.25, 0.3) is 5.54 Å². The molecule has 15 heteroatoms. The maximum absolute atomic E-state index is 13.0. The molecule has 0 bridgehead atoms. The summed E-state index contributed by atoms with van der Waals surface area (Å²) in [5.74, 6) is -2.33. The minimum atomic E-state index is -1.68. The Bertz CT molecular complexity index is 1790. The van der Waals surface area contributed by atoms with Gasteiger partial charge in [-0.05, 0) is 86.3 Å². The lowest BCUT2D eigenvalue weighted by atomic mass is 9.79. The molecule has 0 radical (unpaired) electrons. The molecule has 3 aliphatic heterocycles. The van der Waals surface area contributed by atoms with E-state index in [1.54, 1.807) is 48.5 Å². The van der Waals surface area contributed by atoms with Crippen molar-refractivity contribution in [3.05, 3.63) is 71.8 Å². The molecular formula is C46H64N2O13. The van der Waals surface area contributed by atoms with Crippen molar-refractivity contribution in [2.45, 2.75) is 111 Å². The molecule has 0 unspecified atom stereocenters. The molecule has 0 saturated carbocycles. The molecule has 0 amide bonds. The van der Waals surface area contributed by atoms with Crippen LogP contribution in [0.4, 0.5) is 4.79 Å². The van der Waals surface area contributed by atoms with Gasteiger partial charge in [-0.15, -0.1) is 0 Å². The van der Waals surface area contributed by atoms with Gasteiger partial charge in [0.05, 0.1) is 45.6 Å². The van der Waals surface area contributed by atoms with Crippen molar-refractivity contribution < 1.29 is 61.8 Å². The highest BCUT2D eigenvalue weighted by Gasteiger charge is 2.67. The maximum atomic E-state index is 13.0. The second-order valence-corrected chi connectivity index (χ2v) is 16.8. The molecule has 336 valence electrons. The Hall–Kier alpha value is -5.02. The van der Waals surface area contributed by atoms with E-state index in [9.17, 15) is 19.2 Å². The number of carbonyl (C=O) groups excluding carboxylic acids is 4. The summed E-state index contributed by atoms with van der Waals surface area (Å²) < 4.78 is 49.5. The van der Waals surface area contributed by atoms with E-state index >= 15 is 0 Å². The molecule has 1 fully saturated rings. The van der Waals surface area contributed by atoms with Crippen molar-refractivity contribution in [2.24, 2.45) is 33.7 Å². The number of aliphatic imine (C=N–C) groups is 2. The number of cyclic esters (lactones) is 1. The van der Waals surface area contributed by atoms with Crippen LogP contribution in [-0.2, 0) is 70.2 Å². The standard InChI is InChI=1S/C24H35NO7.C22H29NO6/c1-6-29-21-18(13-14-28-15-17-11-9-8-10-12-17)19(16-31-23(27)30-7-2)20(25-21)22(26)32-24(3,4)5;1-5-27-18-16(11-12-26-13-15-9-7-6-8-10-15)17-14-28-19(24)22(17,23-18)20(25)29-21(2,3)4/h8-12,18-20H,6-7,13-16H2,1-5H3;6-10,16-17H,5,11-14H2,1-4H3/t18-,19-,20-;16-,17-,22+/m11/s1. The predicted molar refractivity (Wildman–Crippen MR) is 226 cm³/mol. The third kappa shape index (κ3) is 14.0. The van der Waals surface area contributed by atoms with Gasteiger partial charge in [-0.25, -0.2) is 29.2 Å². The van der Waals surface area contributed by atoms with Gasteiger partial charge in [-0.3, -0.25) is 0 Å². The van der Waals surface area contributed by atoms with Crippen molar-refractivity contribution in [2.75, 3.05) is 46.2 Å². The topological polar surface area (TPSA) is 176 Å². The molecule has 3 aliphatic rings. The third-order valence-corrected chi connectivity index (χ3v) is 9.81. The third-order valence-electron chi connectivity index (χ3n) is 9.81. The van der Waals surface area contributed by atoms with Crippen LogP contribution in [-0.4, -0.2) is 105 Å². The summed E-state index contributed by atoms with van der Waals surface area (Å²) >= 11 is 0. The van der Waals surface area contributed by atoms with E-state index in [-0.39, 0.29) is 31.7 Å². The first-order valence-electron chi connectivity index (χ1n) is 21.1. The summed E-state index contributed by atoms with van der Waals surface area (Å²) in [7, 11) is 0. The van der Waals surface area contributed by atoms with E-state index in [2.05, 4.69) is 9.98 Å². The molecule has 2 aromatic carbocycles. The number of hydrogen-bond acceptors (Lipinski definition) is 15. The fourth-order valence-corrected chi connectivity index (χ4v) is 7.19. The van der Waals surface area contributed by atoms with Gasteiger partial charge in [0, 0.05) is 31.0 Å². The molecule has 1 saturated heterocycles. The maximum Gasteiger partial charge on any atom is 0.508 e. The monoisotopic (exact) mass is 852 g/mol. The highest BCUT2D eigenvalue weighted by atomic mass is 16.7. The highest BCUT2D eigenvalue weighted by molar-refractivity contribution is 6.11. The predicted octanol–water partition coefficient (Wildman–Crippen LogP) is 7.07. The molecule has 61 heavy (non-hydrogen) atoms. The minimum absolute atomic E-state index is 0.0355. The molecule has 6 atom stereocenters. The van der Waals surface area contributed by atoms with Gasteiger partial charge < -0.3 is 42.6 Å². The second kappa shape index (κ2) is 22.7. The number of fused-ring (bicyclic) bond motifs is 1. The molecular weight excluding hydrogens is 789 g/mol. The summed E-state index contributed by atoms with van der Waals surface area (Å²) in [6.07, 6.45) is 0.346. The van der Waals surface area contributed by atoms with Crippen LogP contribution in [0.5, 0.6) is 0 Å². The normalized spacial score (nSPS) is 23.0. The molecule has 3 heterocycles. The molecule has 0 aromatic heterocycles. The van der Waals surface area contributed by atoms with Crippen LogP contribution in [0.15, 0.2) is 70.6 Å². The van der Waals surface area contributed by atoms with E-state index < -0.39 is 58.7 Å². The van der Waals surface area contributed by atoms with Gasteiger partial charge in [-0.1, -0.05) is 60.7 Å². The summed E-state index contributed by atoms with van der Waals surface area (Å²) in [4.78, 5) is 59.2. The Labute approximate surface area is 359 Å². The van der Waals surface area contributed by atoms with Crippen molar-refractivity contribution in [1.29, 1.82) is 0 Å². The molecule has 5 rings (SSSR count). The van der Waals surface area contributed by atoms with Crippen LogP contribution in [0, 0.1) is 23.7 Å². The summed E-state index contributed by atoms with van der Waals surface area (Å²) in [5.41, 5.74) is -0.923. The van der Waals surface area contributed by atoms with Crippen LogP contribution in [0.2, 0.25) is 0 Å². The van der Waals surface area contributed by atoms with Gasteiger partial charge in [-0.2, -0.15) is 0 Å². The summed E-state index contributed by atoms with van der Waals surface area (Å²) in [6.45, 7) is 19.0. The van der Waals surface area contributed by atoms with Crippen molar-refractivity contribution >= 4 is 35.9 Å². The van der Waals surface area contributed by atoms with Crippen molar-refractivity contribution in [3.63, 3.8) is 0 Å². The van der Waals surface area contributed by atoms with E-state index in [0.717, 1.165) is 11.1 Å². The zero-order chi connectivity index (χ0) is 44.6. The molecule has 15 nitrogen and oxygen atoms in total. The lowest BCUT2D eigenvalue weighted by Gasteiger charge is -2.27. The smallest absolute Gasteiger partial charge is 0.481 e. The van der Waals surface area contributed by atoms with Gasteiger partial charge >= 0.3 is 24.1 Å². The molecule has 0 spiro atoms. The summed E-state index contributed by atoms with van der Waals surface area (Å²) in [6, 6.07) is 18.9. The first-order valence-corrected chi connectivity index (χ1v) is 21.1. The van der Waals surface area contributed by atoms with Crippen LogP contribution in [0.3, 0.4) is 0 Å². The van der Waals surface area contributed by atoms with Gasteiger partial charge in [0.1, 0.15) is 17.8 Å². The molecule has 2 aromatic rings. The Kier molecular flexibility index (Phi) is 18.1. The number of benzene rings is 2. The Balaban J connectivity index is 0.000000270. The number of ether oxygens (including phenoxy) is 9. The zero-order valence-electron chi connectivity index (χ0n) is 37.1. The van der Waals surface area contributed by atoms with Crippen molar-refractivity contribution in [1.82, 2.24) is 0 Å². The Morgan fingerprint density at radius 2 is 1.26 bits per heavy atom. The quantitative estimate of drug-likeness (QED) is 0.0685. The fraction of sp³-hybridized carbons (Fsp3) is 0.609. The fourth-order valence-electron chi connectivity index (χ4n) is 7.19. The molecule has 0 aliphatic carbocycles. The SMILES string of the molecule is CCOC(=O)OC[C@@H]1[C@@H](CCOCc2ccccc2)C(OCC)=N[C@H]1C(=O)OC(C)(C)C.CCOC1=N[C@]2(C(=O)OC(C)(C)C)C(=O)OC[C@@H]2[C@H]1CCOCc1ccccc1. The van der Waals surface area contributed by atoms with E-state index in [1.165, 1.54) is 0 Å². The van der Waals surface area contributed by atoms with Crippen LogP contribution in [0.1, 0.15) is 86.3 Å². The lowest BCUT2D eigenvalue weighted by Crippen LogP contribution is -2.49. The first-order chi connectivity index (χ1) is 29.0. The largest absolute Gasteiger partial charge is 0.508 e. The van der Waals surface area contributed by atoms with E-state index in [0.29, 0.717) is 64.3 Å². The van der Waals surface area contributed by atoms with Gasteiger partial charge in [0.2, 0.25) is 0 Å². The second-order valence-electron chi connectivity index (χ2n) is 16.8. The highest BCUT2D eigenvalue weighted by Crippen LogP contribution is 2.45. The van der Waals surface area contributed by atoms with Crippen LogP contribution in [0.25, 0.3) is 0 Å². The number of hydrogen-bond donors (Lipinski definition) is 0. The van der Waals surface area contributed by atoms with E-state index in [1.807, 2.05) is 74.5 Å².